The summed E-state index contributed by atoms with van der Waals surface area (Å²) in [4.78, 5) is 0. The van der Waals surface area contributed by atoms with Gasteiger partial charge in [0.25, 0.3) is 0 Å². The zero-order chi connectivity index (χ0) is 15.8. The van der Waals surface area contributed by atoms with Crippen LogP contribution >= 0.6 is 0 Å². The quantitative estimate of drug-likeness (QED) is 0.857. The van der Waals surface area contributed by atoms with Crippen LogP contribution in [0, 0.1) is 0 Å². The lowest BCUT2D eigenvalue weighted by atomic mass is 10.1. The molecule has 4 atom stereocenters. The molecule has 2 aliphatic heterocycles. The molecule has 0 aliphatic carbocycles. The van der Waals surface area contributed by atoms with Gasteiger partial charge in [0.15, 0.2) is 5.79 Å². The molecule has 0 amide bonds. The molecule has 2 N–H and O–H groups in total. The maximum Gasteiger partial charge on any atom is 0.224 e. The van der Waals surface area contributed by atoms with Crippen molar-refractivity contribution in [3.63, 3.8) is 0 Å². The van der Waals surface area contributed by atoms with Crippen LogP contribution in [0.5, 0.6) is 0 Å². The van der Waals surface area contributed by atoms with Crippen molar-refractivity contribution in [2.75, 3.05) is 13.2 Å². The molecule has 122 valence electrons. The van der Waals surface area contributed by atoms with Crippen LogP contribution in [0.4, 0.5) is 0 Å². The van der Waals surface area contributed by atoms with Gasteiger partial charge in [0.2, 0.25) is 5.79 Å². The van der Waals surface area contributed by atoms with Crippen LogP contribution < -0.4 is 0 Å². The van der Waals surface area contributed by atoms with Gasteiger partial charge in [0.1, 0.15) is 24.9 Å². The SMILES string of the molecule is CC1(C)OC[C@]2(O[C@@H](CO)[C@@H](O)[C@@H]2OCc2ccccc2)O1. The van der Waals surface area contributed by atoms with E-state index in [1.807, 2.05) is 30.3 Å². The first-order valence-electron chi connectivity index (χ1n) is 7.42. The highest BCUT2D eigenvalue weighted by atomic mass is 16.9. The Bertz CT molecular complexity index is 505. The highest BCUT2D eigenvalue weighted by molar-refractivity contribution is 5.14. The molecular formula is C16H22O6. The van der Waals surface area contributed by atoms with Gasteiger partial charge in [-0.15, -0.1) is 0 Å². The van der Waals surface area contributed by atoms with E-state index in [0.717, 1.165) is 5.56 Å². The van der Waals surface area contributed by atoms with E-state index in [2.05, 4.69) is 0 Å². The van der Waals surface area contributed by atoms with Gasteiger partial charge in [-0.1, -0.05) is 30.3 Å². The molecule has 1 aromatic carbocycles. The molecule has 0 saturated carbocycles. The molecule has 0 bridgehead atoms. The third-order valence-corrected chi connectivity index (χ3v) is 3.97. The van der Waals surface area contributed by atoms with Crippen molar-refractivity contribution in [2.45, 2.75) is 50.3 Å². The Hall–Kier alpha value is -1.02. The van der Waals surface area contributed by atoms with Crippen molar-refractivity contribution in [1.29, 1.82) is 0 Å². The van der Waals surface area contributed by atoms with E-state index in [9.17, 15) is 10.2 Å². The minimum Gasteiger partial charge on any atom is -0.394 e. The molecule has 3 rings (SSSR count). The molecule has 0 unspecified atom stereocenters. The zero-order valence-electron chi connectivity index (χ0n) is 12.8. The topological polar surface area (TPSA) is 77.4 Å². The molecule has 2 fully saturated rings. The first-order valence-corrected chi connectivity index (χ1v) is 7.42. The second kappa shape index (κ2) is 5.88. The molecular weight excluding hydrogens is 288 g/mol. The molecule has 6 nitrogen and oxygen atoms in total. The fourth-order valence-electron chi connectivity index (χ4n) is 2.93. The minimum absolute atomic E-state index is 0.146. The van der Waals surface area contributed by atoms with E-state index in [4.69, 9.17) is 18.9 Å². The van der Waals surface area contributed by atoms with Crippen LogP contribution in [0.1, 0.15) is 19.4 Å². The van der Waals surface area contributed by atoms with Crippen molar-refractivity contribution in [3.05, 3.63) is 35.9 Å². The number of aliphatic hydroxyl groups is 2. The van der Waals surface area contributed by atoms with Crippen molar-refractivity contribution in [2.24, 2.45) is 0 Å². The second-order valence-electron chi connectivity index (χ2n) is 6.15. The Kier molecular flexibility index (Phi) is 4.24. The fourth-order valence-corrected chi connectivity index (χ4v) is 2.93. The summed E-state index contributed by atoms with van der Waals surface area (Å²) in [6.45, 7) is 3.70. The van der Waals surface area contributed by atoms with E-state index < -0.39 is 29.9 Å². The summed E-state index contributed by atoms with van der Waals surface area (Å²) in [6.07, 6.45) is -2.46. The third kappa shape index (κ3) is 2.90. The van der Waals surface area contributed by atoms with Crippen molar-refractivity contribution in [3.8, 4) is 0 Å². The van der Waals surface area contributed by atoms with Gasteiger partial charge in [0, 0.05) is 0 Å². The van der Waals surface area contributed by atoms with Gasteiger partial charge in [-0.3, -0.25) is 0 Å². The smallest absolute Gasteiger partial charge is 0.224 e. The van der Waals surface area contributed by atoms with Crippen LogP contribution in [0.15, 0.2) is 30.3 Å². The fraction of sp³-hybridized carbons (Fsp3) is 0.625. The van der Waals surface area contributed by atoms with Crippen LogP contribution in [0.25, 0.3) is 0 Å². The summed E-state index contributed by atoms with van der Waals surface area (Å²) >= 11 is 0. The van der Waals surface area contributed by atoms with Crippen molar-refractivity contribution >= 4 is 0 Å². The van der Waals surface area contributed by atoms with Gasteiger partial charge in [-0.2, -0.15) is 0 Å². The standard InChI is InChI=1S/C16H22O6/c1-15(2)20-10-16(22-15)14(13(18)12(8-17)21-16)19-9-11-6-4-3-5-7-11/h3-7,12-14,17-18H,8-10H2,1-2H3/t12-,13+,14-,16-/m0/s1. The van der Waals surface area contributed by atoms with E-state index >= 15 is 0 Å². The van der Waals surface area contributed by atoms with Crippen LogP contribution in [-0.4, -0.2) is 53.3 Å². The number of hydrogen-bond acceptors (Lipinski definition) is 6. The minimum atomic E-state index is -1.19. The number of ether oxygens (including phenoxy) is 4. The van der Waals surface area contributed by atoms with Gasteiger partial charge >= 0.3 is 0 Å². The first kappa shape index (κ1) is 15.9. The van der Waals surface area contributed by atoms with E-state index in [1.165, 1.54) is 0 Å². The average Bonchev–Trinajstić information content (AvgIpc) is 2.95. The molecule has 1 aromatic rings. The lowest BCUT2D eigenvalue weighted by Crippen LogP contribution is -2.48. The van der Waals surface area contributed by atoms with E-state index in [-0.39, 0.29) is 13.2 Å². The Morgan fingerprint density at radius 2 is 2.00 bits per heavy atom. The highest BCUT2D eigenvalue weighted by Crippen LogP contribution is 2.43. The monoisotopic (exact) mass is 310 g/mol. The number of rotatable bonds is 4. The van der Waals surface area contributed by atoms with Crippen LogP contribution in [0.3, 0.4) is 0 Å². The summed E-state index contributed by atoms with van der Waals surface area (Å²) in [6, 6.07) is 9.65. The maximum atomic E-state index is 10.4. The Balaban J connectivity index is 1.76. The first-order chi connectivity index (χ1) is 10.5. The molecule has 6 heteroatoms. The maximum absolute atomic E-state index is 10.4. The molecule has 2 saturated heterocycles. The molecule has 0 radical (unpaired) electrons. The summed E-state index contributed by atoms with van der Waals surface area (Å²) in [5, 5.41) is 19.8. The highest BCUT2D eigenvalue weighted by Gasteiger charge is 2.62. The van der Waals surface area contributed by atoms with Crippen LogP contribution in [-0.2, 0) is 25.6 Å². The second-order valence-corrected chi connectivity index (χ2v) is 6.15. The normalized spacial score (nSPS) is 37.0. The lowest BCUT2D eigenvalue weighted by molar-refractivity contribution is -0.277. The van der Waals surface area contributed by atoms with Gasteiger partial charge < -0.3 is 29.2 Å². The molecule has 1 spiro atoms. The van der Waals surface area contributed by atoms with Crippen molar-refractivity contribution < 1.29 is 29.2 Å². The van der Waals surface area contributed by atoms with Gasteiger partial charge in [-0.05, 0) is 19.4 Å². The number of benzene rings is 1. The van der Waals surface area contributed by atoms with E-state index in [1.54, 1.807) is 13.8 Å². The Morgan fingerprint density at radius 3 is 2.59 bits per heavy atom. The number of aliphatic hydroxyl groups excluding tert-OH is 2. The third-order valence-electron chi connectivity index (χ3n) is 3.97. The zero-order valence-corrected chi connectivity index (χ0v) is 12.8. The predicted octanol–water partition coefficient (Wildman–Crippen LogP) is 0.803. The summed E-state index contributed by atoms with van der Waals surface area (Å²) in [7, 11) is 0. The predicted molar refractivity (Wildman–Crippen MR) is 76.8 cm³/mol. The Labute approximate surface area is 129 Å². The summed E-state index contributed by atoms with van der Waals surface area (Å²) in [5.74, 6) is -2.01. The van der Waals surface area contributed by atoms with Gasteiger partial charge in [-0.25, -0.2) is 0 Å². The lowest BCUT2D eigenvalue weighted by Gasteiger charge is -2.30. The number of hydrogen-bond donors (Lipinski definition) is 2. The summed E-state index contributed by atoms with van der Waals surface area (Å²) < 4.78 is 23.1. The largest absolute Gasteiger partial charge is 0.394 e. The average molecular weight is 310 g/mol. The van der Waals surface area contributed by atoms with Crippen molar-refractivity contribution in [1.82, 2.24) is 0 Å². The van der Waals surface area contributed by atoms with E-state index in [0.29, 0.717) is 6.61 Å². The molecule has 2 aliphatic rings. The molecule has 22 heavy (non-hydrogen) atoms. The molecule has 2 heterocycles. The summed E-state index contributed by atoms with van der Waals surface area (Å²) in [5.41, 5.74) is 0.982. The Morgan fingerprint density at radius 1 is 1.27 bits per heavy atom. The molecule has 0 aromatic heterocycles. The van der Waals surface area contributed by atoms with Crippen LogP contribution in [0.2, 0.25) is 0 Å². The van der Waals surface area contributed by atoms with Gasteiger partial charge in [0.05, 0.1) is 13.2 Å².